The Hall–Kier alpha value is -2.15. The van der Waals surface area contributed by atoms with Gasteiger partial charge >= 0.3 is 6.03 Å². The van der Waals surface area contributed by atoms with Crippen LogP contribution in [0, 0.1) is 5.82 Å². The molecule has 1 aromatic rings. The molecule has 1 aliphatic heterocycles. The summed E-state index contributed by atoms with van der Waals surface area (Å²) in [6, 6.07) is 5.64. The number of carbonyl (C=O) groups is 2. The number of piperazine rings is 1. The van der Waals surface area contributed by atoms with Gasteiger partial charge in [0.15, 0.2) is 0 Å². The van der Waals surface area contributed by atoms with Gasteiger partial charge in [0, 0.05) is 32.2 Å². The average molecular weight is 336 g/mol. The average Bonchev–Trinajstić information content (AvgIpc) is 2.55. The zero-order chi connectivity index (χ0) is 17.7. The number of nitrogens with one attached hydrogen (secondary N) is 2. The minimum Gasteiger partial charge on any atom is -0.353 e. The Labute approximate surface area is 142 Å². The van der Waals surface area contributed by atoms with E-state index in [1.54, 1.807) is 17.0 Å². The van der Waals surface area contributed by atoms with E-state index in [0.29, 0.717) is 26.2 Å². The van der Waals surface area contributed by atoms with Gasteiger partial charge in [-0.1, -0.05) is 12.1 Å². The second-order valence-electron chi connectivity index (χ2n) is 6.27. The number of urea groups is 1. The molecule has 2 rings (SSSR count). The van der Waals surface area contributed by atoms with Crippen molar-refractivity contribution in [2.75, 3.05) is 31.5 Å². The number of rotatable bonds is 4. The standard InChI is InChI=1S/C17H25FN4O2/c1-12(2)19-16(23)13(3)21-8-10-22(11-9-21)17(24)20-15-7-5-4-6-14(15)18/h4-7,12-13H,8-11H2,1-3H3,(H,19,23)(H,20,24)/t13-/m0/s1. The minimum absolute atomic E-state index is 0.00532. The summed E-state index contributed by atoms with van der Waals surface area (Å²) < 4.78 is 13.6. The Morgan fingerprint density at radius 1 is 1.08 bits per heavy atom. The lowest BCUT2D eigenvalue weighted by atomic mass is 10.2. The lowest BCUT2D eigenvalue weighted by molar-refractivity contribution is -0.126. The van der Waals surface area contributed by atoms with Gasteiger partial charge in [-0.15, -0.1) is 0 Å². The molecule has 2 N–H and O–H groups in total. The molecule has 24 heavy (non-hydrogen) atoms. The van der Waals surface area contributed by atoms with Crippen LogP contribution in [-0.4, -0.2) is 60.0 Å². The van der Waals surface area contributed by atoms with Gasteiger partial charge in [0.1, 0.15) is 5.82 Å². The molecule has 0 aromatic heterocycles. The molecular weight excluding hydrogens is 311 g/mol. The van der Waals surface area contributed by atoms with Crippen molar-refractivity contribution >= 4 is 17.6 Å². The van der Waals surface area contributed by atoms with Gasteiger partial charge in [-0.05, 0) is 32.9 Å². The van der Waals surface area contributed by atoms with Crippen LogP contribution in [0.4, 0.5) is 14.9 Å². The van der Waals surface area contributed by atoms with E-state index in [4.69, 9.17) is 0 Å². The number of para-hydroxylation sites is 1. The Kier molecular flexibility index (Phi) is 6.14. The molecule has 0 aliphatic carbocycles. The van der Waals surface area contributed by atoms with Crippen molar-refractivity contribution in [3.05, 3.63) is 30.1 Å². The number of carbonyl (C=O) groups excluding carboxylic acids is 2. The Morgan fingerprint density at radius 3 is 2.29 bits per heavy atom. The molecule has 0 spiro atoms. The lowest BCUT2D eigenvalue weighted by Gasteiger charge is -2.37. The van der Waals surface area contributed by atoms with E-state index in [2.05, 4.69) is 10.6 Å². The van der Waals surface area contributed by atoms with Crippen LogP contribution >= 0.6 is 0 Å². The van der Waals surface area contributed by atoms with E-state index in [1.165, 1.54) is 12.1 Å². The number of hydrogen-bond donors (Lipinski definition) is 2. The third-order valence-electron chi connectivity index (χ3n) is 4.08. The first kappa shape index (κ1) is 18.2. The highest BCUT2D eigenvalue weighted by Crippen LogP contribution is 2.14. The molecule has 0 radical (unpaired) electrons. The van der Waals surface area contributed by atoms with Crippen LogP contribution < -0.4 is 10.6 Å². The van der Waals surface area contributed by atoms with E-state index in [-0.39, 0.29) is 29.7 Å². The topological polar surface area (TPSA) is 64.7 Å². The smallest absolute Gasteiger partial charge is 0.322 e. The first-order chi connectivity index (χ1) is 11.4. The van der Waals surface area contributed by atoms with Gasteiger partial charge in [-0.2, -0.15) is 0 Å². The monoisotopic (exact) mass is 336 g/mol. The minimum atomic E-state index is -0.455. The quantitative estimate of drug-likeness (QED) is 0.882. The summed E-state index contributed by atoms with van der Waals surface area (Å²) in [5.41, 5.74) is 0.176. The normalized spacial score (nSPS) is 16.8. The van der Waals surface area contributed by atoms with Crippen LogP contribution in [0.3, 0.4) is 0 Å². The fourth-order valence-corrected chi connectivity index (χ4v) is 2.64. The highest BCUT2D eigenvalue weighted by molar-refractivity contribution is 5.89. The lowest BCUT2D eigenvalue weighted by Crippen LogP contribution is -2.56. The molecule has 1 saturated heterocycles. The molecule has 132 valence electrons. The van der Waals surface area contributed by atoms with Crippen LogP contribution in [-0.2, 0) is 4.79 Å². The van der Waals surface area contributed by atoms with Gasteiger partial charge in [0.05, 0.1) is 11.7 Å². The molecule has 6 nitrogen and oxygen atoms in total. The summed E-state index contributed by atoms with van der Waals surface area (Å²) in [4.78, 5) is 28.0. The van der Waals surface area contributed by atoms with Crippen molar-refractivity contribution in [2.24, 2.45) is 0 Å². The predicted octanol–water partition coefficient (Wildman–Crippen LogP) is 1.89. The molecule has 1 fully saturated rings. The van der Waals surface area contributed by atoms with Crippen molar-refractivity contribution in [1.29, 1.82) is 0 Å². The summed E-state index contributed by atoms with van der Waals surface area (Å²) in [6.07, 6.45) is 0. The molecule has 1 aliphatic rings. The summed E-state index contributed by atoms with van der Waals surface area (Å²) in [6.45, 7) is 7.94. The van der Waals surface area contributed by atoms with Crippen LogP contribution in [0.5, 0.6) is 0 Å². The van der Waals surface area contributed by atoms with Crippen molar-refractivity contribution in [1.82, 2.24) is 15.1 Å². The molecule has 1 heterocycles. The Balaban J connectivity index is 1.85. The molecule has 0 saturated carbocycles. The first-order valence-electron chi connectivity index (χ1n) is 8.23. The van der Waals surface area contributed by atoms with Crippen LogP contribution in [0.1, 0.15) is 20.8 Å². The molecule has 0 bridgehead atoms. The molecule has 1 atom stereocenters. The maximum absolute atomic E-state index is 13.6. The summed E-state index contributed by atoms with van der Waals surface area (Å²) >= 11 is 0. The molecule has 0 unspecified atom stereocenters. The van der Waals surface area contributed by atoms with Crippen molar-refractivity contribution in [3.63, 3.8) is 0 Å². The van der Waals surface area contributed by atoms with E-state index in [1.807, 2.05) is 25.7 Å². The van der Waals surface area contributed by atoms with Gasteiger partial charge in [0.2, 0.25) is 5.91 Å². The van der Waals surface area contributed by atoms with Gasteiger partial charge in [-0.25, -0.2) is 9.18 Å². The fraction of sp³-hybridized carbons (Fsp3) is 0.529. The van der Waals surface area contributed by atoms with E-state index in [9.17, 15) is 14.0 Å². The van der Waals surface area contributed by atoms with Crippen molar-refractivity contribution in [3.8, 4) is 0 Å². The number of nitrogens with zero attached hydrogens (tertiary/aromatic N) is 2. The predicted molar refractivity (Wildman–Crippen MR) is 91.3 cm³/mol. The highest BCUT2D eigenvalue weighted by atomic mass is 19.1. The summed E-state index contributed by atoms with van der Waals surface area (Å²) in [7, 11) is 0. The van der Waals surface area contributed by atoms with E-state index in [0.717, 1.165) is 0 Å². The maximum Gasteiger partial charge on any atom is 0.322 e. The summed E-state index contributed by atoms with van der Waals surface area (Å²) in [5, 5.41) is 5.48. The second kappa shape index (κ2) is 8.10. The zero-order valence-electron chi connectivity index (χ0n) is 14.4. The fourth-order valence-electron chi connectivity index (χ4n) is 2.64. The SMILES string of the molecule is CC(C)NC(=O)[C@H](C)N1CCN(C(=O)Nc2ccccc2F)CC1. The second-order valence-corrected chi connectivity index (χ2v) is 6.27. The zero-order valence-corrected chi connectivity index (χ0v) is 14.4. The number of amides is 3. The van der Waals surface area contributed by atoms with Gasteiger partial charge in [-0.3, -0.25) is 9.69 Å². The molecule has 1 aromatic carbocycles. The van der Waals surface area contributed by atoms with Crippen LogP contribution in [0.2, 0.25) is 0 Å². The molecule has 3 amide bonds. The maximum atomic E-state index is 13.6. The van der Waals surface area contributed by atoms with Crippen LogP contribution in [0.25, 0.3) is 0 Å². The number of benzene rings is 1. The van der Waals surface area contributed by atoms with Gasteiger partial charge < -0.3 is 15.5 Å². The number of halogens is 1. The third-order valence-corrected chi connectivity index (χ3v) is 4.08. The highest BCUT2D eigenvalue weighted by Gasteiger charge is 2.27. The third kappa shape index (κ3) is 4.67. The van der Waals surface area contributed by atoms with Crippen molar-refractivity contribution in [2.45, 2.75) is 32.9 Å². The van der Waals surface area contributed by atoms with Gasteiger partial charge in [0.25, 0.3) is 0 Å². The largest absolute Gasteiger partial charge is 0.353 e. The molecular formula is C17H25FN4O2. The van der Waals surface area contributed by atoms with E-state index < -0.39 is 5.82 Å². The van der Waals surface area contributed by atoms with Crippen molar-refractivity contribution < 1.29 is 14.0 Å². The summed E-state index contributed by atoms with van der Waals surface area (Å²) in [5.74, 6) is -0.460. The number of hydrogen-bond acceptors (Lipinski definition) is 3. The Morgan fingerprint density at radius 2 is 1.71 bits per heavy atom. The van der Waals surface area contributed by atoms with Crippen LogP contribution in [0.15, 0.2) is 24.3 Å². The number of anilines is 1. The first-order valence-corrected chi connectivity index (χ1v) is 8.23. The van der Waals surface area contributed by atoms with E-state index >= 15 is 0 Å². The Bertz CT molecular complexity index is 586. The molecule has 7 heteroatoms.